The maximum atomic E-state index is 12.9. The molecule has 1 aliphatic rings. The van der Waals surface area contributed by atoms with Crippen molar-refractivity contribution in [2.24, 2.45) is 0 Å². The second kappa shape index (κ2) is 11.0. The van der Waals surface area contributed by atoms with Crippen LogP contribution in [0.25, 0.3) is 0 Å². The normalized spacial score (nSPS) is 15.0. The van der Waals surface area contributed by atoms with Crippen LogP contribution in [-0.2, 0) is 16.6 Å². The highest BCUT2D eigenvalue weighted by Crippen LogP contribution is 2.20. The molecule has 3 aromatic carbocycles. The Bertz CT molecular complexity index is 1230. The summed E-state index contributed by atoms with van der Waals surface area (Å²) in [5, 5.41) is 2.90. The molecule has 1 heterocycles. The maximum absolute atomic E-state index is 12.9. The number of rotatable bonds is 8. The number of nitrogens with zero attached hydrogens (tertiary/aromatic N) is 2. The second-order valence-electron chi connectivity index (χ2n) is 8.60. The van der Waals surface area contributed by atoms with E-state index in [9.17, 15) is 13.2 Å². The number of anilines is 1. The molecule has 1 aliphatic heterocycles. The van der Waals surface area contributed by atoms with Crippen molar-refractivity contribution in [1.82, 2.24) is 9.21 Å². The monoisotopic (exact) mass is 493 g/mol. The Morgan fingerprint density at radius 3 is 2.11 bits per heavy atom. The summed E-state index contributed by atoms with van der Waals surface area (Å²) in [6.45, 7) is 7.40. The number of sulfonamides is 1. The van der Waals surface area contributed by atoms with Crippen LogP contribution in [-0.4, -0.2) is 56.3 Å². The van der Waals surface area contributed by atoms with Gasteiger partial charge in [-0.2, -0.15) is 4.31 Å². The lowest BCUT2D eigenvalue weighted by Gasteiger charge is -2.34. The fourth-order valence-corrected chi connectivity index (χ4v) is 5.43. The Labute approximate surface area is 207 Å². The zero-order valence-electron chi connectivity index (χ0n) is 20.1. The van der Waals surface area contributed by atoms with Crippen molar-refractivity contribution in [1.29, 1.82) is 0 Å². The molecule has 0 aliphatic carbocycles. The topological polar surface area (TPSA) is 79.0 Å². The zero-order chi connectivity index (χ0) is 24.8. The van der Waals surface area contributed by atoms with Crippen molar-refractivity contribution in [3.63, 3.8) is 0 Å². The van der Waals surface area contributed by atoms with Crippen molar-refractivity contribution in [2.45, 2.75) is 25.3 Å². The lowest BCUT2D eigenvalue weighted by atomic mass is 10.1. The molecule has 7 nitrogen and oxygen atoms in total. The van der Waals surface area contributed by atoms with Crippen molar-refractivity contribution in [3.05, 3.63) is 89.5 Å². The predicted octanol–water partition coefficient (Wildman–Crippen LogP) is 4.15. The van der Waals surface area contributed by atoms with E-state index in [1.54, 1.807) is 16.4 Å². The SMILES string of the molecule is CCOc1ccc(NC(=O)c2ccc(CN3CCN(S(=O)(=O)c4ccc(C)cc4)CC3)cc2)cc1. The van der Waals surface area contributed by atoms with Crippen LogP contribution in [0.1, 0.15) is 28.4 Å². The first-order valence-electron chi connectivity index (χ1n) is 11.8. The maximum Gasteiger partial charge on any atom is 0.255 e. The molecule has 0 aromatic heterocycles. The van der Waals surface area contributed by atoms with Crippen LogP contribution < -0.4 is 10.1 Å². The van der Waals surface area contributed by atoms with Gasteiger partial charge in [0.15, 0.2) is 0 Å². The summed E-state index contributed by atoms with van der Waals surface area (Å²) in [6.07, 6.45) is 0. The molecule has 184 valence electrons. The van der Waals surface area contributed by atoms with Crippen LogP contribution in [0.3, 0.4) is 0 Å². The summed E-state index contributed by atoms with van der Waals surface area (Å²) in [6, 6.07) is 21.8. The van der Waals surface area contributed by atoms with Gasteiger partial charge in [-0.15, -0.1) is 0 Å². The van der Waals surface area contributed by atoms with Gasteiger partial charge in [0.1, 0.15) is 5.75 Å². The molecule has 0 spiro atoms. The first kappa shape index (κ1) is 24.9. The van der Waals surface area contributed by atoms with E-state index in [0.29, 0.717) is 55.5 Å². The highest BCUT2D eigenvalue weighted by molar-refractivity contribution is 7.89. The van der Waals surface area contributed by atoms with Crippen molar-refractivity contribution in [3.8, 4) is 5.75 Å². The van der Waals surface area contributed by atoms with E-state index in [0.717, 1.165) is 16.9 Å². The van der Waals surface area contributed by atoms with E-state index < -0.39 is 10.0 Å². The third-order valence-electron chi connectivity index (χ3n) is 6.04. The van der Waals surface area contributed by atoms with E-state index in [1.165, 1.54) is 0 Å². The minimum absolute atomic E-state index is 0.171. The average Bonchev–Trinajstić information content (AvgIpc) is 2.86. The summed E-state index contributed by atoms with van der Waals surface area (Å²) >= 11 is 0. The molecule has 3 aromatic rings. The molecule has 0 bridgehead atoms. The lowest BCUT2D eigenvalue weighted by molar-refractivity contribution is 0.102. The molecule has 0 unspecified atom stereocenters. The second-order valence-corrected chi connectivity index (χ2v) is 10.5. The average molecular weight is 494 g/mol. The van der Waals surface area contributed by atoms with Gasteiger partial charge < -0.3 is 10.1 Å². The number of aryl methyl sites for hydroxylation is 1. The van der Waals surface area contributed by atoms with E-state index in [-0.39, 0.29) is 5.91 Å². The number of ether oxygens (including phenoxy) is 1. The molecule has 35 heavy (non-hydrogen) atoms. The molecule has 1 N–H and O–H groups in total. The van der Waals surface area contributed by atoms with Crippen LogP contribution in [0.15, 0.2) is 77.7 Å². The number of hydrogen-bond acceptors (Lipinski definition) is 5. The molecule has 4 rings (SSSR count). The van der Waals surface area contributed by atoms with Gasteiger partial charge in [0.05, 0.1) is 11.5 Å². The van der Waals surface area contributed by atoms with Crippen LogP contribution in [0.2, 0.25) is 0 Å². The standard InChI is InChI=1S/C27H31N3O4S/c1-3-34-25-12-10-24(11-13-25)28-27(31)23-8-6-22(7-9-23)20-29-16-18-30(19-17-29)35(32,33)26-14-4-21(2)5-15-26/h4-15H,3,16-20H2,1-2H3,(H,28,31). The van der Waals surface area contributed by atoms with Crippen LogP contribution in [0, 0.1) is 6.92 Å². The quantitative estimate of drug-likeness (QED) is 0.510. The van der Waals surface area contributed by atoms with Crippen molar-refractivity contribution >= 4 is 21.6 Å². The number of carbonyl (C=O) groups is 1. The van der Waals surface area contributed by atoms with Gasteiger partial charge in [-0.05, 0) is 67.9 Å². The van der Waals surface area contributed by atoms with E-state index in [4.69, 9.17) is 4.74 Å². The number of nitrogens with one attached hydrogen (secondary N) is 1. The molecule has 1 fully saturated rings. The van der Waals surface area contributed by atoms with Crippen LogP contribution in [0.5, 0.6) is 5.75 Å². The fourth-order valence-electron chi connectivity index (χ4n) is 4.01. The summed E-state index contributed by atoms with van der Waals surface area (Å²) in [7, 11) is -3.47. The Balaban J connectivity index is 1.29. The Hall–Kier alpha value is -3.20. The van der Waals surface area contributed by atoms with Gasteiger partial charge in [0, 0.05) is 44.0 Å². The highest BCUT2D eigenvalue weighted by atomic mass is 32.2. The van der Waals surface area contributed by atoms with Crippen LogP contribution >= 0.6 is 0 Å². The predicted molar refractivity (Wildman–Crippen MR) is 137 cm³/mol. The smallest absolute Gasteiger partial charge is 0.255 e. The minimum Gasteiger partial charge on any atom is -0.494 e. The minimum atomic E-state index is -3.47. The molecular formula is C27H31N3O4S. The summed E-state index contributed by atoms with van der Waals surface area (Å²) in [4.78, 5) is 15.2. The molecule has 0 radical (unpaired) electrons. The molecule has 8 heteroatoms. The van der Waals surface area contributed by atoms with Gasteiger partial charge in [0.2, 0.25) is 10.0 Å². The van der Waals surface area contributed by atoms with Crippen molar-refractivity contribution in [2.75, 3.05) is 38.1 Å². The molecular weight excluding hydrogens is 462 g/mol. The first-order valence-corrected chi connectivity index (χ1v) is 13.2. The summed E-state index contributed by atoms with van der Waals surface area (Å²) in [5.74, 6) is 0.596. The molecule has 0 saturated carbocycles. The van der Waals surface area contributed by atoms with E-state index >= 15 is 0 Å². The highest BCUT2D eigenvalue weighted by Gasteiger charge is 2.28. The van der Waals surface area contributed by atoms with Gasteiger partial charge >= 0.3 is 0 Å². The fraction of sp³-hybridized carbons (Fsp3) is 0.296. The third kappa shape index (κ3) is 6.28. The number of amides is 1. The number of benzene rings is 3. The first-order chi connectivity index (χ1) is 16.8. The van der Waals surface area contributed by atoms with Crippen LogP contribution in [0.4, 0.5) is 5.69 Å². The lowest BCUT2D eigenvalue weighted by Crippen LogP contribution is -2.48. The molecule has 1 saturated heterocycles. The van der Waals surface area contributed by atoms with E-state index in [1.807, 2.05) is 74.5 Å². The van der Waals surface area contributed by atoms with Gasteiger partial charge in [-0.1, -0.05) is 29.8 Å². The molecule has 1 amide bonds. The number of hydrogen-bond donors (Lipinski definition) is 1. The number of carbonyl (C=O) groups excluding carboxylic acids is 1. The van der Waals surface area contributed by atoms with Gasteiger partial charge in [-0.25, -0.2) is 8.42 Å². The van der Waals surface area contributed by atoms with Gasteiger partial charge in [0.25, 0.3) is 5.91 Å². The van der Waals surface area contributed by atoms with Crippen molar-refractivity contribution < 1.29 is 17.9 Å². The zero-order valence-corrected chi connectivity index (χ0v) is 20.9. The molecule has 0 atom stereocenters. The van der Waals surface area contributed by atoms with Gasteiger partial charge in [-0.3, -0.25) is 9.69 Å². The third-order valence-corrected chi connectivity index (χ3v) is 7.95. The Morgan fingerprint density at radius 1 is 0.886 bits per heavy atom. The van der Waals surface area contributed by atoms with E-state index in [2.05, 4.69) is 10.2 Å². The number of piperazine rings is 1. The summed E-state index contributed by atoms with van der Waals surface area (Å²) < 4.78 is 32.8. The Morgan fingerprint density at radius 2 is 1.51 bits per heavy atom. The Kier molecular flexibility index (Phi) is 7.85. The largest absolute Gasteiger partial charge is 0.494 e. The summed E-state index contributed by atoms with van der Waals surface area (Å²) in [5.41, 5.74) is 3.41.